The number of rotatable bonds is 5. The van der Waals surface area contributed by atoms with Crippen molar-refractivity contribution in [2.24, 2.45) is 5.73 Å². The molecule has 2 aliphatic heterocycles. The maximum Gasteiger partial charge on any atom is 0.275 e. The average Bonchev–Trinajstić information content (AvgIpc) is 3.53. The van der Waals surface area contributed by atoms with Crippen molar-refractivity contribution in [3.63, 3.8) is 0 Å². The number of halogens is 1. The Morgan fingerprint density at radius 2 is 2.28 bits per heavy atom. The van der Waals surface area contributed by atoms with Crippen molar-refractivity contribution in [3.05, 3.63) is 46.7 Å². The molecule has 1 amide bonds. The van der Waals surface area contributed by atoms with Crippen LogP contribution in [0.3, 0.4) is 0 Å². The quantitative estimate of drug-likeness (QED) is 0.542. The van der Waals surface area contributed by atoms with Crippen LogP contribution in [0.1, 0.15) is 34.6 Å². The van der Waals surface area contributed by atoms with E-state index in [-0.39, 0.29) is 18.6 Å². The third-order valence-corrected chi connectivity index (χ3v) is 6.74. The lowest BCUT2D eigenvalue weighted by Gasteiger charge is -2.15. The van der Waals surface area contributed by atoms with E-state index in [2.05, 4.69) is 26.6 Å². The van der Waals surface area contributed by atoms with Crippen LogP contribution in [0.15, 0.2) is 29.8 Å². The third-order valence-electron chi connectivity index (χ3n) is 5.85. The molecule has 1 saturated heterocycles. The van der Waals surface area contributed by atoms with E-state index >= 15 is 0 Å². The number of H-pyrrole nitrogens is 1. The Hall–Kier alpha value is -2.82. The van der Waals surface area contributed by atoms with Gasteiger partial charge in [-0.2, -0.15) is 5.10 Å². The number of anilines is 1. The molecule has 10 heteroatoms. The SMILES string of the molecule is N[C@@H]1CC[C@@H](Cc2[nH]ncc2NC(=O)c2csc(-c3ccc4c(c3)CCO4)n2)OC[C@H]1F. The van der Waals surface area contributed by atoms with Crippen LogP contribution in [-0.4, -0.2) is 52.6 Å². The van der Waals surface area contributed by atoms with E-state index in [9.17, 15) is 9.18 Å². The van der Waals surface area contributed by atoms with E-state index in [1.165, 1.54) is 11.3 Å². The highest BCUT2D eigenvalue weighted by Crippen LogP contribution is 2.32. The molecule has 0 bridgehead atoms. The zero-order valence-electron chi connectivity index (χ0n) is 17.3. The smallest absolute Gasteiger partial charge is 0.275 e. The molecule has 3 aromatic rings. The first-order valence-electron chi connectivity index (χ1n) is 10.6. The number of aromatic nitrogens is 3. The van der Waals surface area contributed by atoms with Crippen LogP contribution in [0.4, 0.5) is 10.1 Å². The van der Waals surface area contributed by atoms with Gasteiger partial charge in [0.05, 0.1) is 36.9 Å². The fourth-order valence-corrected chi connectivity index (χ4v) is 4.77. The second-order valence-electron chi connectivity index (χ2n) is 8.09. The molecule has 32 heavy (non-hydrogen) atoms. The summed E-state index contributed by atoms with van der Waals surface area (Å²) < 4.78 is 25.0. The van der Waals surface area contributed by atoms with Crippen LogP contribution in [0.5, 0.6) is 5.75 Å². The van der Waals surface area contributed by atoms with E-state index in [0.717, 1.165) is 34.0 Å². The molecule has 4 heterocycles. The van der Waals surface area contributed by atoms with Gasteiger partial charge in [0.2, 0.25) is 0 Å². The first-order valence-corrected chi connectivity index (χ1v) is 11.5. The molecule has 0 saturated carbocycles. The van der Waals surface area contributed by atoms with Gasteiger partial charge < -0.3 is 20.5 Å². The molecule has 2 aromatic heterocycles. The zero-order valence-corrected chi connectivity index (χ0v) is 18.2. The van der Waals surface area contributed by atoms with Crippen LogP contribution >= 0.6 is 11.3 Å². The van der Waals surface area contributed by atoms with Gasteiger partial charge in [-0.15, -0.1) is 11.3 Å². The number of fused-ring (bicyclic) bond motifs is 1. The highest BCUT2D eigenvalue weighted by molar-refractivity contribution is 7.13. The molecule has 5 rings (SSSR count). The molecule has 0 unspecified atom stereocenters. The minimum absolute atomic E-state index is 0.0158. The number of alkyl halides is 1. The van der Waals surface area contributed by atoms with Crippen LogP contribution in [0.25, 0.3) is 10.6 Å². The summed E-state index contributed by atoms with van der Waals surface area (Å²) in [6.07, 6.45) is 2.78. The number of hydrogen-bond donors (Lipinski definition) is 3. The number of nitrogens with two attached hydrogens (primary N) is 1. The predicted octanol–water partition coefficient (Wildman–Crippen LogP) is 3.11. The second kappa shape index (κ2) is 8.97. The predicted molar refractivity (Wildman–Crippen MR) is 119 cm³/mol. The number of benzene rings is 1. The molecule has 1 aromatic carbocycles. The van der Waals surface area contributed by atoms with Crippen molar-refractivity contribution in [2.45, 2.75) is 44.0 Å². The summed E-state index contributed by atoms with van der Waals surface area (Å²) in [5.41, 5.74) is 9.56. The van der Waals surface area contributed by atoms with Crippen molar-refractivity contribution >= 4 is 22.9 Å². The van der Waals surface area contributed by atoms with Crippen molar-refractivity contribution in [2.75, 3.05) is 18.5 Å². The Labute approximate surface area is 188 Å². The monoisotopic (exact) mass is 457 g/mol. The van der Waals surface area contributed by atoms with Gasteiger partial charge in [0.1, 0.15) is 22.6 Å². The van der Waals surface area contributed by atoms with Gasteiger partial charge >= 0.3 is 0 Å². The molecular formula is C22H24FN5O3S. The molecule has 4 N–H and O–H groups in total. The summed E-state index contributed by atoms with van der Waals surface area (Å²) >= 11 is 1.42. The first kappa shape index (κ1) is 21.0. The first-order chi connectivity index (χ1) is 15.6. The summed E-state index contributed by atoms with van der Waals surface area (Å²) in [7, 11) is 0. The summed E-state index contributed by atoms with van der Waals surface area (Å²) in [4.78, 5) is 17.3. The van der Waals surface area contributed by atoms with Gasteiger partial charge in [0.25, 0.3) is 5.91 Å². The van der Waals surface area contributed by atoms with E-state index < -0.39 is 12.2 Å². The number of nitrogens with one attached hydrogen (secondary N) is 2. The molecular weight excluding hydrogens is 433 g/mol. The fraction of sp³-hybridized carbons (Fsp3) is 0.409. The molecule has 8 nitrogen and oxygen atoms in total. The number of carbonyl (C=O) groups is 1. The second-order valence-corrected chi connectivity index (χ2v) is 8.95. The Bertz CT molecular complexity index is 1100. The maximum absolute atomic E-state index is 13.8. The molecule has 168 valence electrons. The number of aromatic amines is 1. The molecule has 0 radical (unpaired) electrons. The summed E-state index contributed by atoms with van der Waals surface area (Å²) in [6.45, 7) is 0.683. The summed E-state index contributed by atoms with van der Waals surface area (Å²) in [5.74, 6) is 0.602. The van der Waals surface area contributed by atoms with E-state index in [0.29, 0.717) is 37.3 Å². The fourth-order valence-electron chi connectivity index (χ4n) is 3.98. The number of hydrogen-bond acceptors (Lipinski definition) is 7. The minimum atomic E-state index is -1.15. The van der Waals surface area contributed by atoms with Crippen molar-refractivity contribution in [1.82, 2.24) is 15.2 Å². The molecule has 3 atom stereocenters. The number of amides is 1. The normalized spacial score (nSPS) is 22.8. The molecule has 0 aliphatic carbocycles. The maximum atomic E-state index is 13.8. The Morgan fingerprint density at radius 1 is 1.38 bits per heavy atom. The van der Waals surface area contributed by atoms with Gasteiger partial charge in [0.15, 0.2) is 0 Å². The van der Waals surface area contributed by atoms with Gasteiger partial charge in [-0.25, -0.2) is 9.37 Å². The molecule has 2 aliphatic rings. The van der Waals surface area contributed by atoms with Gasteiger partial charge in [0, 0.05) is 29.8 Å². The summed E-state index contributed by atoms with van der Waals surface area (Å²) in [5, 5.41) is 12.4. The molecule has 1 fully saturated rings. The Kier molecular flexibility index (Phi) is 5.90. The Morgan fingerprint density at radius 3 is 3.19 bits per heavy atom. The topological polar surface area (TPSA) is 115 Å². The third kappa shape index (κ3) is 4.38. The highest BCUT2D eigenvalue weighted by atomic mass is 32.1. The number of ether oxygens (including phenoxy) is 2. The van der Waals surface area contributed by atoms with Gasteiger partial charge in [-0.1, -0.05) is 0 Å². The van der Waals surface area contributed by atoms with E-state index in [1.807, 2.05) is 12.1 Å². The van der Waals surface area contributed by atoms with E-state index in [4.69, 9.17) is 15.2 Å². The van der Waals surface area contributed by atoms with Crippen LogP contribution in [0, 0.1) is 0 Å². The number of carbonyl (C=O) groups excluding carboxylic acids is 1. The lowest BCUT2D eigenvalue weighted by molar-refractivity contribution is 0.0295. The molecule has 0 spiro atoms. The van der Waals surface area contributed by atoms with Crippen molar-refractivity contribution < 1.29 is 18.7 Å². The lowest BCUT2D eigenvalue weighted by atomic mass is 10.0. The van der Waals surface area contributed by atoms with E-state index in [1.54, 1.807) is 11.6 Å². The largest absolute Gasteiger partial charge is 0.493 e. The highest BCUT2D eigenvalue weighted by Gasteiger charge is 2.26. The zero-order chi connectivity index (χ0) is 22.1. The van der Waals surface area contributed by atoms with Gasteiger partial charge in [-0.05, 0) is 36.6 Å². The van der Waals surface area contributed by atoms with Crippen molar-refractivity contribution in [3.8, 4) is 16.3 Å². The Balaban J connectivity index is 1.25. The van der Waals surface area contributed by atoms with Crippen LogP contribution < -0.4 is 15.8 Å². The van der Waals surface area contributed by atoms with Gasteiger partial charge in [-0.3, -0.25) is 9.89 Å². The minimum Gasteiger partial charge on any atom is -0.493 e. The summed E-state index contributed by atoms with van der Waals surface area (Å²) in [6, 6.07) is 5.47. The standard InChI is InChI=1S/C22H24FN5O3S/c23-15-10-31-14(2-3-16(15)24)8-17-18(9-25-28-17)26-21(29)19-11-32-22(27-19)13-1-4-20-12(7-13)5-6-30-20/h1,4,7,9,11,14-16H,2-3,5-6,8,10,24H2,(H,25,28)(H,26,29)/t14-,15+,16+/m0/s1. The average molecular weight is 458 g/mol. The van der Waals surface area contributed by atoms with Crippen molar-refractivity contribution in [1.29, 1.82) is 0 Å². The van der Waals surface area contributed by atoms with Crippen LogP contribution in [0.2, 0.25) is 0 Å². The lowest BCUT2D eigenvalue weighted by Crippen LogP contribution is -2.32. The number of nitrogens with zero attached hydrogens (tertiary/aromatic N) is 2. The van der Waals surface area contributed by atoms with Crippen LogP contribution in [-0.2, 0) is 17.6 Å². The number of thiazole rings is 1.